The zero-order valence-electron chi connectivity index (χ0n) is 14.9. The summed E-state index contributed by atoms with van der Waals surface area (Å²) in [7, 11) is 1.82. The number of aromatic nitrogens is 2. The third kappa shape index (κ3) is 3.61. The lowest BCUT2D eigenvalue weighted by Crippen LogP contribution is -2.22. The van der Waals surface area contributed by atoms with Crippen LogP contribution in [0.25, 0.3) is 10.9 Å². The van der Waals surface area contributed by atoms with Crippen molar-refractivity contribution in [1.82, 2.24) is 9.97 Å². The van der Waals surface area contributed by atoms with Crippen LogP contribution in [0.5, 0.6) is 11.5 Å². The highest BCUT2D eigenvalue weighted by Crippen LogP contribution is 2.34. The monoisotopic (exact) mass is 382 g/mol. The first-order chi connectivity index (χ1) is 13.1. The second-order valence-corrected chi connectivity index (χ2v) is 7.25. The fourth-order valence-electron chi connectivity index (χ4n) is 2.73. The van der Waals surface area contributed by atoms with E-state index < -0.39 is 0 Å². The lowest BCUT2D eigenvalue weighted by Gasteiger charge is -2.13. The minimum Gasteiger partial charge on any atom is -0.454 e. The predicted molar refractivity (Wildman–Crippen MR) is 106 cm³/mol. The Morgan fingerprint density at radius 1 is 1.15 bits per heavy atom. The number of fused-ring (bicyclic) bond motifs is 2. The van der Waals surface area contributed by atoms with Crippen LogP contribution in [0.1, 0.15) is 6.92 Å². The van der Waals surface area contributed by atoms with E-state index in [2.05, 4.69) is 20.6 Å². The fourth-order valence-corrected chi connectivity index (χ4v) is 3.51. The Labute approximate surface area is 160 Å². The molecule has 8 heteroatoms. The van der Waals surface area contributed by atoms with E-state index in [1.165, 1.54) is 11.8 Å². The molecule has 0 aliphatic carbocycles. The zero-order valence-corrected chi connectivity index (χ0v) is 15.7. The van der Waals surface area contributed by atoms with E-state index in [1.807, 2.05) is 38.2 Å². The van der Waals surface area contributed by atoms with Crippen molar-refractivity contribution in [1.29, 1.82) is 0 Å². The number of nitrogens with zero attached hydrogens (tertiary/aromatic N) is 2. The van der Waals surface area contributed by atoms with E-state index in [0.29, 0.717) is 22.3 Å². The third-order valence-electron chi connectivity index (χ3n) is 4.11. The number of benzene rings is 2. The van der Waals surface area contributed by atoms with Gasteiger partial charge in [0.05, 0.1) is 10.8 Å². The Kier molecular flexibility index (Phi) is 4.72. The van der Waals surface area contributed by atoms with E-state index in [9.17, 15) is 4.79 Å². The molecule has 138 valence electrons. The van der Waals surface area contributed by atoms with Gasteiger partial charge in [-0.05, 0) is 31.2 Å². The van der Waals surface area contributed by atoms with E-state index >= 15 is 0 Å². The summed E-state index contributed by atoms with van der Waals surface area (Å²) < 4.78 is 10.6. The number of hydrogen-bond donors (Lipinski definition) is 2. The highest BCUT2D eigenvalue weighted by molar-refractivity contribution is 8.00. The maximum atomic E-state index is 12.6. The lowest BCUT2D eigenvalue weighted by molar-refractivity contribution is -0.115. The SMILES string of the molecule is CNc1nc(S[C@@H](C)C(=O)Nc2ccc3c(c2)OCO3)nc2ccccc12. The van der Waals surface area contributed by atoms with Crippen molar-refractivity contribution in [2.45, 2.75) is 17.3 Å². The first-order valence-electron chi connectivity index (χ1n) is 8.46. The lowest BCUT2D eigenvalue weighted by atomic mass is 10.2. The average molecular weight is 382 g/mol. The van der Waals surface area contributed by atoms with Crippen molar-refractivity contribution in [3.05, 3.63) is 42.5 Å². The highest BCUT2D eigenvalue weighted by atomic mass is 32.2. The van der Waals surface area contributed by atoms with Crippen LogP contribution in [0.3, 0.4) is 0 Å². The molecule has 0 unspecified atom stereocenters. The maximum absolute atomic E-state index is 12.6. The molecule has 0 fully saturated rings. The minimum atomic E-state index is -0.374. The number of hydrogen-bond acceptors (Lipinski definition) is 7. The molecule has 3 aromatic rings. The van der Waals surface area contributed by atoms with Crippen LogP contribution in [-0.2, 0) is 4.79 Å². The molecule has 1 atom stereocenters. The van der Waals surface area contributed by atoms with Gasteiger partial charge in [0.25, 0.3) is 0 Å². The van der Waals surface area contributed by atoms with Crippen LogP contribution in [0.15, 0.2) is 47.6 Å². The molecule has 1 aliphatic rings. The number of ether oxygens (including phenoxy) is 2. The molecular formula is C19H18N4O3S. The first kappa shape index (κ1) is 17.4. The van der Waals surface area contributed by atoms with Gasteiger partial charge < -0.3 is 20.1 Å². The molecule has 27 heavy (non-hydrogen) atoms. The van der Waals surface area contributed by atoms with Gasteiger partial charge >= 0.3 is 0 Å². The molecule has 1 amide bonds. The first-order valence-corrected chi connectivity index (χ1v) is 9.34. The number of para-hydroxylation sites is 1. The summed E-state index contributed by atoms with van der Waals surface area (Å²) in [5.41, 5.74) is 1.50. The minimum absolute atomic E-state index is 0.137. The molecule has 2 aromatic carbocycles. The molecule has 0 saturated carbocycles. The van der Waals surface area contributed by atoms with Gasteiger partial charge in [0, 0.05) is 24.2 Å². The molecule has 1 aromatic heterocycles. The normalized spacial score (nSPS) is 13.4. The van der Waals surface area contributed by atoms with Gasteiger partial charge in [-0.25, -0.2) is 9.97 Å². The second kappa shape index (κ2) is 7.32. The van der Waals surface area contributed by atoms with Crippen LogP contribution in [0.4, 0.5) is 11.5 Å². The van der Waals surface area contributed by atoms with Gasteiger partial charge in [-0.3, -0.25) is 4.79 Å². The summed E-state index contributed by atoms with van der Waals surface area (Å²) in [6.45, 7) is 2.02. The Morgan fingerprint density at radius 3 is 2.81 bits per heavy atom. The molecule has 2 heterocycles. The topological polar surface area (TPSA) is 85.4 Å². The smallest absolute Gasteiger partial charge is 0.237 e. The van der Waals surface area contributed by atoms with Gasteiger partial charge in [-0.15, -0.1) is 0 Å². The predicted octanol–water partition coefficient (Wildman–Crippen LogP) is 3.52. The fraction of sp³-hybridized carbons (Fsp3) is 0.211. The number of rotatable bonds is 5. The van der Waals surface area contributed by atoms with Crippen molar-refractivity contribution in [3.63, 3.8) is 0 Å². The molecular weight excluding hydrogens is 364 g/mol. The number of anilines is 2. The number of carbonyl (C=O) groups is 1. The summed E-state index contributed by atoms with van der Waals surface area (Å²) >= 11 is 1.31. The molecule has 0 saturated heterocycles. The van der Waals surface area contributed by atoms with Gasteiger partial charge in [-0.1, -0.05) is 23.9 Å². The number of nitrogens with one attached hydrogen (secondary N) is 2. The summed E-state index contributed by atoms with van der Waals surface area (Å²) in [5.74, 6) is 1.91. The molecule has 0 radical (unpaired) electrons. The molecule has 1 aliphatic heterocycles. The standard InChI is InChI=1S/C19H18N4O3S/c1-11(18(24)21-12-7-8-15-16(9-12)26-10-25-15)27-19-22-14-6-4-3-5-13(14)17(20-2)23-19/h3-9,11H,10H2,1-2H3,(H,21,24)(H,20,22,23)/t11-/m0/s1. The summed E-state index contributed by atoms with van der Waals surface area (Å²) in [6, 6.07) is 13.1. The van der Waals surface area contributed by atoms with Gasteiger partial charge in [-0.2, -0.15) is 0 Å². The van der Waals surface area contributed by atoms with Crippen LogP contribution in [0.2, 0.25) is 0 Å². The number of amides is 1. The molecule has 7 nitrogen and oxygen atoms in total. The third-order valence-corrected chi connectivity index (χ3v) is 5.07. The number of thioether (sulfide) groups is 1. The second-order valence-electron chi connectivity index (χ2n) is 5.94. The van der Waals surface area contributed by atoms with Crippen LogP contribution in [0, 0.1) is 0 Å². The van der Waals surface area contributed by atoms with Crippen LogP contribution >= 0.6 is 11.8 Å². The van der Waals surface area contributed by atoms with Crippen molar-refractivity contribution in [2.24, 2.45) is 0 Å². The quantitative estimate of drug-likeness (QED) is 0.516. The van der Waals surface area contributed by atoms with Crippen molar-refractivity contribution < 1.29 is 14.3 Å². The molecule has 2 N–H and O–H groups in total. The largest absolute Gasteiger partial charge is 0.454 e. The van der Waals surface area contributed by atoms with E-state index in [4.69, 9.17) is 9.47 Å². The Balaban J connectivity index is 1.49. The molecule has 4 rings (SSSR count). The van der Waals surface area contributed by atoms with E-state index in [-0.39, 0.29) is 18.0 Å². The van der Waals surface area contributed by atoms with Crippen molar-refractivity contribution in [3.8, 4) is 11.5 Å². The summed E-state index contributed by atoms with van der Waals surface area (Å²) in [5, 5.41) is 7.10. The summed E-state index contributed by atoms with van der Waals surface area (Å²) in [4.78, 5) is 21.6. The number of carbonyl (C=O) groups excluding carboxylic acids is 1. The van der Waals surface area contributed by atoms with E-state index in [1.54, 1.807) is 18.2 Å². The Hall–Kier alpha value is -3.00. The van der Waals surface area contributed by atoms with Gasteiger partial charge in [0.15, 0.2) is 16.7 Å². The molecule has 0 spiro atoms. The van der Waals surface area contributed by atoms with Crippen molar-refractivity contribution in [2.75, 3.05) is 24.5 Å². The van der Waals surface area contributed by atoms with Gasteiger partial charge in [0.2, 0.25) is 12.7 Å². The summed E-state index contributed by atoms with van der Waals surface area (Å²) in [6.07, 6.45) is 0. The maximum Gasteiger partial charge on any atom is 0.237 e. The van der Waals surface area contributed by atoms with E-state index in [0.717, 1.165) is 16.7 Å². The molecule has 0 bridgehead atoms. The Bertz CT molecular complexity index is 1010. The van der Waals surface area contributed by atoms with Crippen LogP contribution in [-0.4, -0.2) is 35.0 Å². The van der Waals surface area contributed by atoms with Crippen LogP contribution < -0.4 is 20.1 Å². The zero-order chi connectivity index (χ0) is 18.8. The van der Waals surface area contributed by atoms with Gasteiger partial charge in [0.1, 0.15) is 5.82 Å². The Morgan fingerprint density at radius 2 is 1.96 bits per heavy atom. The van der Waals surface area contributed by atoms with Crippen molar-refractivity contribution >= 4 is 40.1 Å². The average Bonchev–Trinajstić information content (AvgIpc) is 3.15. The highest BCUT2D eigenvalue weighted by Gasteiger charge is 2.19.